The molecule has 0 bridgehead atoms. The molecule has 2 nitrogen and oxygen atoms in total. The number of benzene rings is 1. The minimum Gasteiger partial charge on any atom is -0.494 e. The van der Waals surface area contributed by atoms with Crippen molar-refractivity contribution in [1.82, 2.24) is 0 Å². The predicted octanol–water partition coefficient (Wildman–Crippen LogP) is 2.34. The lowest BCUT2D eigenvalue weighted by Crippen LogP contribution is -2.20. The topological polar surface area (TPSA) is 35.2 Å². The molecule has 0 aromatic heterocycles. The van der Waals surface area contributed by atoms with E-state index in [4.69, 9.17) is 10.5 Å². The standard InChI is InChI=1S/C12H17NO/c1-3-14-11-5-4-9(2)8-10(11)12(13)6-7-12/h4-5,8H,3,6-7,13H2,1-2H3. The van der Waals surface area contributed by atoms with Gasteiger partial charge >= 0.3 is 0 Å². The third kappa shape index (κ3) is 1.62. The summed E-state index contributed by atoms with van der Waals surface area (Å²) in [4.78, 5) is 0. The summed E-state index contributed by atoms with van der Waals surface area (Å²) in [6.07, 6.45) is 2.16. The highest BCUT2D eigenvalue weighted by molar-refractivity contribution is 5.44. The average Bonchev–Trinajstić information content (AvgIpc) is 2.89. The van der Waals surface area contributed by atoms with Crippen LogP contribution in [0, 0.1) is 6.92 Å². The maximum absolute atomic E-state index is 6.19. The molecule has 2 rings (SSSR count). The maximum atomic E-state index is 6.19. The van der Waals surface area contributed by atoms with Gasteiger partial charge in [0.15, 0.2) is 0 Å². The van der Waals surface area contributed by atoms with E-state index < -0.39 is 0 Å². The lowest BCUT2D eigenvalue weighted by molar-refractivity contribution is 0.333. The lowest BCUT2D eigenvalue weighted by Gasteiger charge is -2.15. The second-order valence-electron chi connectivity index (χ2n) is 4.09. The van der Waals surface area contributed by atoms with E-state index in [1.807, 2.05) is 13.0 Å². The molecule has 0 radical (unpaired) electrons. The van der Waals surface area contributed by atoms with Gasteiger partial charge in [-0.3, -0.25) is 0 Å². The Hall–Kier alpha value is -1.02. The summed E-state index contributed by atoms with van der Waals surface area (Å²) in [6.45, 7) is 4.79. The second kappa shape index (κ2) is 3.28. The van der Waals surface area contributed by atoms with Gasteiger partial charge in [-0.25, -0.2) is 0 Å². The number of ether oxygens (including phenoxy) is 1. The van der Waals surface area contributed by atoms with E-state index >= 15 is 0 Å². The van der Waals surface area contributed by atoms with Crippen LogP contribution in [0.15, 0.2) is 18.2 Å². The zero-order valence-corrected chi connectivity index (χ0v) is 8.84. The molecule has 14 heavy (non-hydrogen) atoms. The SMILES string of the molecule is CCOc1ccc(C)cc1C1(N)CC1. The smallest absolute Gasteiger partial charge is 0.124 e. The molecule has 76 valence electrons. The summed E-state index contributed by atoms with van der Waals surface area (Å²) in [5.41, 5.74) is 8.52. The summed E-state index contributed by atoms with van der Waals surface area (Å²) in [7, 11) is 0. The molecule has 0 atom stereocenters. The Morgan fingerprint density at radius 1 is 1.43 bits per heavy atom. The van der Waals surface area contributed by atoms with Crippen LogP contribution in [-0.2, 0) is 5.54 Å². The summed E-state index contributed by atoms with van der Waals surface area (Å²) in [5.74, 6) is 0.957. The van der Waals surface area contributed by atoms with E-state index in [0.29, 0.717) is 6.61 Å². The summed E-state index contributed by atoms with van der Waals surface area (Å²) in [6, 6.07) is 6.25. The molecule has 0 heterocycles. The number of hydrogen-bond acceptors (Lipinski definition) is 2. The summed E-state index contributed by atoms with van der Waals surface area (Å²) >= 11 is 0. The van der Waals surface area contributed by atoms with Gasteiger partial charge in [0.1, 0.15) is 5.75 Å². The third-order valence-corrected chi connectivity index (χ3v) is 2.76. The fourth-order valence-electron chi connectivity index (χ4n) is 1.72. The van der Waals surface area contributed by atoms with Gasteiger partial charge in [0, 0.05) is 11.1 Å². The maximum Gasteiger partial charge on any atom is 0.124 e. The van der Waals surface area contributed by atoms with E-state index in [9.17, 15) is 0 Å². The van der Waals surface area contributed by atoms with Gasteiger partial charge in [0.2, 0.25) is 0 Å². The van der Waals surface area contributed by atoms with Gasteiger partial charge in [0.05, 0.1) is 6.61 Å². The number of hydrogen-bond donors (Lipinski definition) is 1. The Kier molecular flexibility index (Phi) is 2.23. The van der Waals surface area contributed by atoms with E-state index in [2.05, 4.69) is 19.1 Å². The first-order chi connectivity index (χ1) is 6.65. The normalized spacial score (nSPS) is 17.9. The van der Waals surface area contributed by atoms with Crippen LogP contribution in [0.2, 0.25) is 0 Å². The highest BCUT2D eigenvalue weighted by Gasteiger charge is 2.42. The van der Waals surface area contributed by atoms with Crippen LogP contribution in [0.3, 0.4) is 0 Å². The fourth-order valence-corrected chi connectivity index (χ4v) is 1.72. The Labute approximate surface area is 85.1 Å². The molecule has 1 aliphatic carbocycles. The van der Waals surface area contributed by atoms with Crippen LogP contribution in [0.4, 0.5) is 0 Å². The number of aryl methyl sites for hydroxylation is 1. The summed E-state index contributed by atoms with van der Waals surface area (Å²) < 4.78 is 5.58. The molecule has 1 aromatic carbocycles. The van der Waals surface area contributed by atoms with E-state index in [1.54, 1.807) is 0 Å². The third-order valence-electron chi connectivity index (χ3n) is 2.76. The largest absolute Gasteiger partial charge is 0.494 e. The molecule has 2 heteroatoms. The van der Waals surface area contributed by atoms with Crippen LogP contribution >= 0.6 is 0 Å². The molecule has 0 spiro atoms. The minimum atomic E-state index is -0.101. The molecule has 1 aliphatic rings. The van der Waals surface area contributed by atoms with Crippen molar-refractivity contribution in [1.29, 1.82) is 0 Å². The van der Waals surface area contributed by atoms with Crippen molar-refractivity contribution in [2.24, 2.45) is 5.73 Å². The van der Waals surface area contributed by atoms with Crippen LogP contribution in [0.1, 0.15) is 30.9 Å². The minimum absolute atomic E-state index is 0.101. The lowest BCUT2D eigenvalue weighted by atomic mass is 10.0. The molecular formula is C12H17NO. The average molecular weight is 191 g/mol. The van der Waals surface area contributed by atoms with Crippen LogP contribution < -0.4 is 10.5 Å². The Morgan fingerprint density at radius 2 is 2.14 bits per heavy atom. The van der Waals surface area contributed by atoms with Crippen molar-refractivity contribution >= 4 is 0 Å². The Bertz CT molecular complexity index is 342. The first-order valence-corrected chi connectivity index (χ1v) is 5.18. The van der Waals surface area contributed by atoms with Gasteiger partial charge in [-0.15, -0.1) is 0 Å². The van der Waals surface area contributed by atoms with Crippen molar-refractivity contribution in [3.8, 4) is 5.75 Å². The van der Waals surface area contributed by atoms with Crippen LogP contribution in [0.5, 0.6) is 5.75 Å². The molecule has 1 fully saturated rings. The summed E-state index contributed by atoms with van der Waals surface area (Å²) in [5, 5.41) is 0. The van der Waals surface area contributed by atoms with E-state index in [0.717, 1.165) is 18.6 Å². The van der Waals surface area contributed by atoms with Crippen LogP contribution in [-0.4, -0.2) is 6.61 Å². The van der Waals surface area contributed by atoms with Crippen molar-refractivity contribution in [3.05, 3.63) is 29.3 Å². The van der Waals surface area contributed by atoms with Gasteiger partial charge in [-0.05, 0) is 32.8 Å². The van der Waals surface area contributed by atoms with Crippen molar-refractivity contribution in [2.45, 2.75) is 32.2 Å². The molecule has 0 amide bonds. The second-order valence-corrected chi connectivity index (χ2v) is 4.09. The zero-order valence-electron chi connectivity index (χ0n) is 8.84. The molecule has 1 saturated carbocycles. The number of rotatable bonds is 3. The fraction of sp³-hybridized carbons (Fsp3) is 0.500. The zero-order chi connectivity index (χ0) is 10.2. The molecule has 0 unspecified atom stereocenters. The van der Waals surface area contributed by atoms with Crippen molar-refractivity contribution in [2.75, 3.05) is 6.61 Å². The molecule has 1 aromatic rings. The first-order valence-electron chi connectivity index (χ1n) is 5.18. The molecule has 0 saturated heterocycles. The van der Waals surface area contributed by atoms with E-state index in [1.165, 1.54) is 11.1 Å². The highest BCUT2D eigenvalue weighted by Crippen LogP contribution is 2.46. The van der Waals surface area contributed by atoms with E-state index in [-0.39, 0.29) is 5.54 Å². The Morgan fingerprint density at radius 3 is 2.71 bits per heavy atom. The first kappa shape index (κ1) is 9.53. The predicted molar refractivity (Wildman–Crippen MR) is 57.4 cm³/mol. The monoisotopic (exact) mass is 191 g/mol. The molecular weight excluding hydrogens is 174 g/mol. The molecule has 2 N–H and O–H groups in total. The Balaban J connectivity index is 2.38. The van der Waals surface area contributed by atoms with Gasteiger partial charge < -0.3 is 10.5 Å². The quantitative estimate of drug-likeness (QED) is 0.796. The number of nitrogens with two attached hydrogens (primary N) is 1. The van der Waals surface area contributed by atoms with Gasteiger partial charge in [0.25, 0.3) is 0 Å². The van der Waals surface area contributed by atoms with Gasteiger partial charge in [-0.1, -0.05) is 17.7 Å². The van der Waals surface area contributed by atoms with Gasteiger partial charge in [-0.2, -0.15) is 0 Å². The highest BCUT2D eigenvalue weighted by atomic mass is 16.5. The van der Waals surface area contributed by atoms with Crippen molar-refractivity contribution < 1.29 is 4.74 Å². The molecule has 0 aliphatic heterocycles. The van der Waals surface area contributed by atoms with Crippen LogP contribution in [0.25, 0.3) is 0 Å². The van der Waals surface area contributed by atoms with Crippen molar-refractivity contribution in [3.63, 3.8) is 0 Å².